The summed E-state index contributed by atoms with van der Waals surface area (Å²) in [6, 6.07) is 4.74. The Morgan fingerprint density at radius 3 is 2.76 bits per heavy atom. The van der Waals surface area contributed by atoms with Gasteiger partial charge >= 0.3 is 0 Å². The first-order valence-corrected chi connectivity index (χ1v) is 6.78. The van der Waals surface area contributed by atoms with Crippen LogP contribution in [0, 0.1) is 0 Å². The van der Waals surface area contributed by atoms with Crippen molar-refractivity contribution in [2.75, 3.05) is 13.2 Å². The number of nitrogens with one attached hydrogen (secondary N) is 1. The van der Waals surface area contributed by atoms with Gasteiger partial charge in [-0.1, -0.05) is 19.8 Å². The van der Waals surface area contributed by atoms with E-state index in [2.05, 4.69) is 42.1 Å². The predicted molar refractivity (Wildman–Crippen MR) is 72.1 cm³/mol. The van der Waals surface area contributed by atoms with E-state index in [0.717, 1.165) is 25.9 Å². The van der Waals surface area contributed by atoms with Gasteiger partial charge in [-0.25, -0.2) is 0 Å². The van der Waals surface area contributed by atoms with Gasteiger partial charge in [0.2, 0.25) is 0 Å². The fraction of sp³-hybridized carbons (Fsp3) is 0.714. The third-order valence-corrected chi connectivity index (χ3v) is 3.13. The molecular weight excluding hydrogens is 212 g/mol. The Balaban J connectivity index is 2.35. The molecule has 0 bridgehead atoms. The molecule has 1 unspecified atom stereocenters. The fourth-order valence-electron chi connectivity index (χ4n) is 2.18. The van der Waals surface area contributed by atoms with Gasteiger partial charge in [0.25, 0.3) is 0 Å². The van der Waals surface area contributed by atoms with E-state index in [1.54, 1.807) is 0 Å². The van der Waals surface area contributed by atoms with E-state index in [9.17, 15) is 0 Å². The van der Waals surface area contributed by atoms with Gasteiger partial charge in [-0.15, -0.1) is 0 Å². The van der Waals surface area contributed by atoms with E-state index >= 15 is 0 Å². The van der Waals surface area contributed by atoms with Crippen molar-refractivity contribution in [1.29, 1.82) is 0 Å². The van der Waals surface area contributed by atoms with E-state index in [0.29, 0.717) is 12.6 Å². The summed E-state index contributed by atoms with van der Waals surface area (Å²) in [7, 11) is 0. The highest BCUT2D eigenvalue weighted by Crippen LogP contribution is 2.14. The zero-order chi connectivity index (χ0) is 12.5. The average molecular weight is 238 g/mol. The second-order valence-electron chi connectivity index (χ2n) is 4.54. The number of rotatable bonds is 9. The van der Waals surface area contributed by atoms with Crippen LogP contribution in [0.5, 0.6) is 0 Å². The zero-order valence-electron chi connectivity index (χ0n) is 11.2. The van der Waals surface area contributed by atoms with Crippen LogP contribution < -0.4 is 5.32 Å². The number of aromatic nitrogens is 1. The summed E-state index contributed by atoms with van der Waals surface area (Å²) in [5.74, 6) is 0. The van der Waals surface area contributed by atoms with Gasteiger partial charge in [-0.3, -0.25) is 0 Å². The van der Waals surface area contributed by atoms with Crippen molar-refractivity contribution in [1.82, 2.24) is 9.88 Å². The summed E-state index contributed by atoms with van der Waals surface area (Å²) in [5.41, 5.74) is 1.37. The lowest BCUT2D eigenvalue weighted by Gasteiger charge is -2.16. The summed E-state index contributed by atoms with van der Waals surface area (Å²) < 4.78 is 2.34. The largest absolute Gasteiger partial charge is 0.396 e. The molecule has 2 N–H and O–H groups in total. The SMILES string of the molecule is CCNC(C)c1cccn1CCCCCCO. The van der Waals surface area contributed by atoms with E-state index in [1.165, 1.54) is 18.5 Å². The van der Waals surface area contributed by atoms with Crippen LogP contribution in [-0.4, -0.2) is 22.8 Å². The number of aliphatic hydroxyl groups is 1. The smallest absolute Gasteiger partial charge is 0.0446 e. The molecule has 0 spiro atoms. The Bertz CT molecular complexity index is 296. The third-order valence-electron chi connectivity index (χ3n) is 3.13. The summed E-state index contributed by atoms with van der Waals surface area (Å²) in [6.45, 7) is 6.76. The van der Waals surface area contributed by atoms with E-state index in [4.69, 9.17) is 5.11 Å². The Morgan fingerprint density at radius 1 is 1.29 bits per heavy atom. The molecule has 1 aromatic rings. The summed E-state index contributed by atoms with van der Waals surface area (Å²) in [4.78, 5) is 0. The van der Waals surface area contributed by atoms with Crippen molar-refractivity contribution in [3.63, 3.8) is 0 Å². The molecular formula is C14H26N2O. The molecule has 3 heteroatoms. The fourth-order valence-corrected chi connectivity index (χ4v) is 2.18. The van der Waals surface area contributed by atoms with Crippen LogP contribution in [0.15, 0.2) is 18.3 Å². The first-order chi connectivity index (χ1) is 8.29. The lowest BCUT2D eigenvalue weighted by Crippen LogP contribution is -2.20. The number of hydrogen-bond donors (Lipinski definition) is 2. The van der Waals surface area contributed by atoms with Crippen LogP contribution in [-0.2, 0) is 6.54 Å². The molecule has 0 aromatic carbocycles. The maximum Gasteiger partial charge on any atom is 0.0446 e. The summed E-state index contributed by atoms with van der Waals surface area (Å²) in [6.07, 6.45) is 6.63. The molecule has 0 amide bonds. The van der Waals surface area contributed by atoms with E-state index in [-0.39, 0.29) is 0 Å². The van der Waals surface area contributed by atoms with Gasteiger partial charge in [-0.05, 0) is 38.4 Å². The van der Waals surface area contributed by atoms with Crippen LogP contribution in [0.4, 0.5) is 0 Å². The normalized spacial score (nSPS) is 12.9. The first-order valence-electron chi connectivity index (χ1n) is 6.78. The van der Waals surface area contributed by atoms with Crippen LogP contribution in [0.25, 0.3) is 0 Å². The van der Waals surface area contributed by atoms with Crippen LogP contribution in [0.3, 0.4) is 0 Å². The minimum Gasteiger partial charge on any atom is -0.396 e. The Morgan fingerprint density at radius 2 is 2.06 bits per heavy atom. The number of nitrogens with zero attached hydrogens (tertiary/aromatic N) is 1. The average Bonchev–Trinajstić information content (AvgIpc) is 2.77. The van der Waals surface area contributed by atoms with Crippen molar-refractivity contribution in [2.24, 2.45) is 0 Å². The molecule has 0 saturated heterocycles. The molecule has 1 aromatic heterocycles. The molecule has 0 fully saturated rings. The maximum absolute atomic E-state index is 8.71. The second-order valence-corrected chi connectivity index (χ2v) is 4.54. The van der Waals surface area contributed by atoms with Crippen molar-refractivity contribution in [3.8, 4) is 0 Å². The van der Waals surface area contributed by atoms with E-state index in [1.807, 2.05) is 0 Å². The summed E-state index contributed by atoms with van der Waals surface area (Å²) >= 11 is 0. The highest BCUT2D eigenvalue weighted by atomic mass is 16.2. The molecule has 3 nitrogen and oxygen atoms in total. The van der Waals surface area contributed by atoms with Gasteiger partial charge in [0.15, 0.2) is 0 Å². The van der Waals surface area contributed by atoms with Crippen molar-refractivity contribution in [2.45, 2.75) is 52.1 Å². The highest BCUT2D eigenvalue weighted by molar-refractivity contribution is 5.11. The molecule has 0 saturated carbocycles. The molecule has 98 valence electrons. The molecule has 1 rings (SSSR count). The minimum absolute atomic E-state index is 0.326. The van der Waals surface area contributed by atoms with Gasteiger partial charge in [-0.2, -0.15) is 0 Å². The minimum atomic E-state index is 0.326. The standard InChI is InChI=1S/C14H26N2O/c1-3-15-13(2)14-9-8-11-16(14)10-6-4-5-7-12-17/h8-9,11,13,15,17H,3-7,10,12H2,1-2H3. The van der Waals surface area contributed by atoms with Gasteiger partial charge in [0.05, 0.1) is 0 Å². The third kappa shape index (κ3) is 4.92. The maximum atomic E-state index is 8.71. The second kappa shape index (κ2) is 8.31. The lowest BCUT2D eigenvalue weighted by molar-refractivity contribution is 0.282. The molecule has 0 aliphatic carbocycles. The van der Waals surface area contributed by atoms with Gasteiger partial charge in [0.1, 0.15) is 0 Å². The predicted octanol–water partition coefficient (Wildman–Crippen LogP) is 2.71. The summed E-state index contributed by atoms with van der Waals surface area (Å²) in [5, 5.41) is 12.2. The Kier molecular flexibility index (Phi) is 6.97. The molecule has 0 aliphatic rings. The lowest BCUT2D eigenvalue weighted by atomic mass is 10.2. The van der Waals surface area contributed by atoms with Crippen molar-refractivity contribution < 1.29 is 5.11 Å². The number of hydrogen-bond acceptors (Lipinski definition) is 2. The molecule has 0 aliphatic heterocycles. The molecule has 1 heterocycles. The van der Waals surface area contributed by atoms with Crippen LogP contribution in [0.2, 0.25) is 0 Å². The zero-order valence-corrected chi connectivity index (χ0v) is 11.2. The number of unbranched alkanes of at least 4 members (excludes halogenated alkanes) is 3. The number of aryl methyl sites for hydroxylation is 1. The van der Waals surface area contributed by atoms with Gasteiger partial charge < -0.3 is 15.0 Å². The molecule has 0 radical (unpaired) electrons. The first kappa shape index (κ1) is 14.3. The molecule has 1 atom stereocenters. The Hall–Kier alpha value is -0.800. The van der Waals surface area contributed by atoms with Crippen molar-refractivity contribution >= 4 is 0 Å². The quantitative estimate of drug-likeness (QED) is 0.649. The monoisotopic (exact) mass is 238 g/mol. The topological polar surface area (TPSA) is 37.2 Å². The van der Waals surface area contributed by atoms with Crippen molar-refractivity contribution in [3.05, 3.63) is 24.0 Å². The van der Waals surface area contributed by atoms with Crippen LogP contribution >= 0.6 is 0 Å². The molecule has 17 heavy (non-hydrogen) atoms. The van der Waals surface area contributed by atoms with E-state index < -0.39 is 0 Å². The van der Waals surface area contributed by atoms with Gasteiger partial charge in [0, 0.05) is 31.1 Å². The Labute approximate surface area is 105 Å². The van der Waals surface area contributed by atoms with Crippen LogP contribution in [0.1, 0.15) is 51.3 Å². The number of aliphatic hydroxyl groups excluding tert-OH is 1. The highest BCUT2D eigenvalue weighted by Gasteiger charge is 2.07.